The molecule has 0 unspecified atom stereocenters. The number of fused-ring (bicyclic) bond motifs is 2. The average molecular weight is 555 g/mol. The Balaban J connectivity index is 1.45. The highest BCUT2D eigenvalue weighted by Crippen LogP contribution is 2.32. The van der Waals surface area contributed by atoms with Gasteiger partial charge in [-0.05, 0) is 34.0 Å². The number of aromatic nitrogens is 2. The van der Waals surface area contributed by atoms with Gasteiger partial charge in [-0.15, -0.1) is 0 Å². The molecule has 0 aliphatic rings. The van der Waals surface area contributed by atoms with Crippen LogP contribution in [0.15, 0.2) is 119 Å². The van der Waals surface area contributed by atoms with Crippen LogP contribution in [0, 0.1) is 0 Å². The third kappa shape index (κ3) is 4.35. The first kappa shape index (κ1) is 26.5. The van der Waals surface area contributed by atoms with Crippen LogP contribution in [0.1, 0.15) is 21.0 Å². The average Bonchev–Trinajstić information content (AvgIpc) is 3.03. The molecule has 2 amide bonds. The van der Waals surface area contributed by atoms with Crippen LogP contribution in [0.5, 0.6) is 0 Å². The number of nitrogens with one attached hydrogen (secondary N) is 2. The summed E-state index contributed by atoms with van der Waals surface area (Å²) in [6.45, 7) is 0. The Kier molecular flexibility index (Phi) is 6.72. The lowest BCUT2D eigenvalue weighted by Gasteiger charge is -2.19. The Morgan fingerprint density at radius 2 is 0.786 bits per heavy atom. The van der Waals surface area contributed by atoms with Gasteiger partial charge in [0.1, 0.15) is 11.4 Å². The van der Waals surface area contributed by atoms with Crippen molar-refractivity contribution in [2.75, 3.05) is 0 Å². The fourth-order valence-corrected chi connectivity index (χ4v) is 5.49. The molecule has 2 N–H and O–H groups in total. The van der Waals surface area contributed by atoms with E-state index < -0.39 is 11.8 Å². The Labute approximate surface area is 240 Å². The molecule has 8 heteroatoms. The van der Waals surface area contributed by atoms with Crippen LogP contribution in [-0.4, -0.2) is 20.9 Å². The zero-order valence-corrected chi connectivity index (χ0v) is 22.9. The van der Waals surface area contributed by atoms with Gasteiger partial charge in [0, 0.05) is 36.0 Å². The van der Waals surface area contributed by atoms with Crippen molar-refractivity contribution in [3.05, 3.63) is 141 Å². The zero-order valence-electron chi connectivity index (χ0n) is 22.9. The molecule has 0 aliphatic heterocycles. The lowest BCUT2D eigenvalue weighted by molar-refractivity contribution is 0.0837. The van der Waals surface area contributed by atoms with Crippen molar-refractivity contribution in [1.29, 1.82) is 0 Å². The van der Waals surface area contributed by atoms with Gasteiger partial charge < -0.3 is 9.13 Å². The second kappa shape index (κ2) is 10.7. The first-order valence-corrected chi connectivity index (χ1v) is 13.3. The molecule has 0 aliphatic carbocycles. The van der Waals surface area contributed by atoms with E-state index in [4.69, 9.17) is 0 Å². The van der Waals surface area contributed by atoms with E-state index in [2.05, 4.69) is 10.9 Å². The summed E-state index contributed by atoms with van der Waals surface area (Å²) in [5.41, 5.74) is 7.08. The molecule has 4 aromatic carbocycles. The number of carbonyl (C=O) groups excluding carboxylic acids is 2. The maximum Gasteiger partial charge on any atom is 0.287 e. The van der Waals surface area contributed by atoms with Gasteiger partial charge in [0.25, 0.3) is 22.9 Å². The summed E-state index contributed by atoms with van der Waals surface area (Å²) >= 11 is 0. The van der Waals surface area contributed by atoms with Gasteiger partial charge in [-0.25, -0.2) is 0 Å². The summed E-state index contributed by atoms with van der Waals surface area (Å²) in [5.74, 6) is -1.36. The summed E-state index contributed by atoms with van der Waals surface area (Å²) in [6, 6.07) is 32.8. The molecule has 206 valence electrons. The number of hydrogen-bond acceptors (Lipinski definition) is 4. The number of hydrazine groups is 1. The van der Waals surface area contributed by atoms with Crippen molar-refractivity contribution in [1.82, 2.24) is 20.0 Å². The first-order valence-electron chi connectivity index (χ1n) is 13.3. The van der Waals surface area contributed by atoms with Gasteiger partial charge in [-0.1, -0.05) is 97.1 Å². The maximum absolute atomic E-state index is 13.8. The molecule has 2 heterocycles. The number of carbonyl (C=O) groups is 2. The molecule has 6 rings (SSSR count). The van der Waals surface area contributed by atoms with E-state index in [9.17, 15) is 19.2 Å². The van der Waals surface area contributed by atoms with Gasteiger partial charge in [0.15, 0.2) is 0 Å². The Hall–Kier alpha value is -5.76. The van der Waals surface area contributed by atoms with Crippen molar-refractivity contribution >= 4 is 33.4 Å². The molecule has 0 saturated heterocycles. The van der Waals surface area contributed by atoms with E-state index in [1.165, 1.54) is 23.2 Å². The van der Waals surface area contributed by atoms with Crippen molar-refractivity contribution < 1.29 is 9.59 Å². The van der Waals surface area contributed by atoms with Crippen molar-refractivity contribution in [2.45, 2.75) is 0 Å². The lowest BCUT2D eigenvalue weighted by atomic mass is 9.96. The topological polar surface area (TPSA) is 102 Å². The number of benzene rings is 4. The predicted octanol–water partition coefficient (Wildman–Crippen LogP) is 4.80. The third-order valence-electron chi connectivity index (χ3n) is 7.45. The molecule has 42 heavy (non-hydrogen) atoms. The van der Waals surface area contributed by atoms with Crippen molar-refractivity contribution in [2.24, 2.45) is 14.1 Å². The summed E-state index contributed by atoms with van der Waals surface area (Å²) < 4.78 is 2.57. The second-order valence-corrected chi connectivity index (χ2v) is 9.91. The smallest absolute Gasteiger partial charge is 0.287 e. The van der Waals surface area contributed by atoms with Gasteiger partial charge in [0.05, 0.1) is 0 Å². The van der Waals surface area contributed by atoms with Crippen LogP contribution in [0.2, 0.25) is 0 Å². The fourth-order valence-electron chi connectivity index (χ4n) is 5.49. The van der Waals surface area contributed by atoms with E-state index in [0.717, 1.165) is 11.1 Å². The fraction of sp³-hybridized carbons (Fsp3) is 0.0588. The lowest BCUT2D eigenvalue weighted by Crippen LogP contribution is -2.45. The Morgan fingerprint density at radius 1 is 0.476 bits per heavy atom. The van der Waals surface area contributed by atoms with Gasteiger partial charge in [0.2, 0.25) is 0 Å². The highest BCUT2D eigenvalue weighted by molar-refractivity contribution is 6.11. The van der Waals surface area contributed by atoms with Gasteiger partial charge in [-0.2, -0.15) is 0 Å². The number of amides is 2. The molecule has 0 saturated carbocycles. The molecule has 0 radical (unpaired) electrons. The third-order valence-corrected chi connectivity index (χ3v) is 7.45. The summed E-state index contributed by atoms with van der Waals surface area (Å²) in [4.78, 5) is 54.0. The number of nitrogens with zero attached hydrogens (tertiary/aromatic N) is 2. The molecule has 0 bridgehead atoms. The minimum Gasteiger partial charge on any atom is -0.306 e. The number of pyridine rings is 2. The molecule has 0 spiro atoms. The second-order valence-electron chi connectivity index (χ2n) is 9.91. The van der Waals surface area contributed by atoms with E-state index >= 15 is 0 Å². The molecule has 6 aromatic rings. The van der Waals surface area contributed by atoms with Crippen LogP contribution in [0.4, 0.5) is 0 Å². The van der Waals surface area contributed by atoms with E-state index in [0.29, 0.717) is 32.7 Å². The van der Waals surface area contributed by atoms with Gasteiger partial charge in [-0.3, -0.25) is 30.0 Å². The van der Waals surface area contributed by atoms with E-state index in [1.807, 2.05) is 72.8 Å². The number of rotatable bonds is 4. The van der Waals surface area contributed by atoms with Crippen LogP contribution in [0.25, 0.3) is 43.8 Å². The van der Waals surface area contributed by atoms with E-state index in [1.54, 1.807) is 36.4 Å². The highest BCUT2D eigenvalue weighted by atomic mass is 16.2. The number of hydrogen-bond donors (Lipinski definition) is 2. The molecule has 8 nitrogen and oxygen atoms in total. The molecule has 2 aromatic heterocycles. The Bertz CT molecular complexity index is 1980. The normalized spacial score (nSPS) is 11.0. The predicted molar refractivity (Wildman–Crippen MR) is 164 cm³/mol. The van der Waals surface area contributed by atoms with Crippen LogP contribution >= 0.6 is 0 Å². The molecular weight excluding hydrogens is 528 g/mol. The largest absolute Gasteiger partial charge is 0.306 e. The zero-order chi connectivity index (χ0) is 29.4. The quantitative estimate of drug-likeness (QED) is 0.306. The molecule has 0 fully saturated rings. The molecule has 0 atom stereocenters. The van der Waals surface area contributed by atoms with Crippen LogP contribution in [-0.2, 0) is 14.1 Å². The van der Waals surface area contributed by atoms with Crippen molar-refractivity contribution in [3.63, 3.8) is 0 Å². The Morgan fingerprint density at radius 3 is 1.14 bits per heavy atom. The summed E-state index contributed by atoms with van der Waals surface area (Å²) in [6.07, 6.45) is 0. The minimum absolute atomic E-state index is 0.0842. The SMILES string of the molecule is Cn1c(C(=O)NNC(=O)c2c(-c3ccccc3)c3ccccc3c(=O)n2C)c(-c2ccccc2)c2ccccc2c1=O. The monoisotopic (exact) mass is 554 g/mol. The van der Waals surface area contributed by atoms with Crippen LogP contribution in [0.3, 0.4) is 0 Å². The maximum atomic E-state index is 13.8. The standard InChI is InChI=1S/C34H26N4O4/c1-37-29(27(21-13-5-3-6-14-21)23-17-9-11-19-25(23)33(37)41)31(39)35-36-32(40)30-28(22-15-7-4-8-16-22)24-18-10-12-20-26(24)34(42)38(30)2/h3-20H,1-2H3,(H,35,39)(H,36,40). The van der Waals surface area contributed by atoms with Crippen molar-refractivity contribution in [3.8, 4) is 22.3 Å². The molecular formula is C34H26N4O4. The van der Waals surface area contributed by atoms with E-state index in [-0.39, 0.29) is 22.5 Å². The van der Waals surface area contributed by atoms with Gasteiger partial charge >= 0.3 is 0 Å². The summed E-state index contributed by atoms with van der Waals surface area (Å²) in [5, 5.41) is 2.18. The minimum atomic E-state index is -0.681. The highest BCUT2D eigenvalue weighted by Gasteiger charge is 2.25. The van der Waals surface area contributed by atoms with Crippen LogP contribution < -0.4 is 22.0 Å². The summed E-state index contributed by atoms with van der Waals surface area (Å²) in [7, 11) is 3.05. The first-order chi connectivity index (χ1) is 20.4.